The minimum absolute atomic E-state index is 0.0420. The van der Waals surface area contributed by atoms with Gasteiger partial charge in [0.2, 0.25) is 5.91 Å². The molecule has 1 N–H and O–H groups in total. The maximum absolute atomic E-state index is 11.6. The highest BCUT2D eigenvalue weighted by Gasteiger charge is 2.26. The Labute approximate surface area is 111 Å². The topological polar surface area (TPSA) is 72.5 Å². The molecule has 1 aliphatic rings. The van der Waals surface area contributed by atoms with E-state index in [9.17, 15) is 14.4 Å². The maximum atomic E-state index is 11.6. The van der Waals surface area contributed by atoms with Crippen LogP contribution in [-0.4, -0.2) is 41.8 Å². The number of thioether (sulfide) groups is 1. The van der Waals surface area contributed by atoms with Crippen LogP contribution in [0.4, 0.5) is 0 Å². The van der Waals surface area contributed by atoms with Crippen LogP contribution in [-0.2, 0) is 19.1 Å². The van der Waals surface area contributed by atoms with Crippen molar-refractivity contribution in [1.29, 1.82) is 0 Å². The standard InChI is InChI=1S/C12H19NO4S/c1-8(14)13-9(12(16)17-2)7-18-11-6-4-3-5-10(11)15/h9,11H,3-7H2,1-2H3,(H,13,14). The average molecular weight is 273 g/mol. The number of nitrogens with one attached hydrogen (secondary N) is 1. The van der Waals surface area contributed by atoms with Crippen molar-refractivity contribution in [2.45, 2.75) is 43.9 Å². The molecule has 0 spiro atoms. The molecule has 0 saturated heterocycles. The first-order valence-electron chi connectivity index (χ1n) is 6.04. The predicted molar refractivity (Wildman–Crippen MR) is 69.3 cm³/mol. The van der Waals surface area contributed by atoms with Gasteiger partial charge in [0, 0.05) is 19.1 Å². The number of rotatable bonds is 5. The lowest BCUT2D eigenvalue weighted by atomic mass is 9.99. The second-order valence-corrected chi connectivity index (χ2v) is 5.55. The third kappa shape index (κ3) is 4.68. The van der Waals surface area contributed by atoms with Gasteiger partial charge in [-0.25, -0.2) is 4.79 Å². The average Bonchev–Trinajstić information content (AvgIpc) is 2.34. The summed E-state index contributed by atoms with van der Waals surface area (Å²) in [4.78, 5) is 34.1. The highest BCUT2D eigenvalue weighted by Crippen LogP contribution is 2.26. The van der Waals surface area contributed by atoms with E-state index in [1.165, 1.54) is 25.8 Å². The Bertz CT molecular complexity index is 332. The van der Waals surface area contributed by atoms with Gasteiger partial charge in [-0.05, 0) is 12.8 Å². The Morgan fingerprint density at radius 2 is 2.22 bits per heavy atom. The third-order valence-corrected chi connectivity index (χ3v) is 4.25. The monoisotopic (exact) mass is 273 g/mol. The molecule has 1 saturated carbocycles. The van der Waals surface area contributed by atoms with E-state index < -0.39 is 12.0 Å². The van der Waals surface area contributed by atoms with Gasteiger partial charge in [-0.3, -0.25) is 9.59 Å². The van der Waals surface area contributed by atoms with Gasteiger partial charge in [-0.15, -0.1) is 11.8 Å². The molecule has 1 amide bonds. The van der Waals surface area contributed by atoms with Crippen molar-refractivity contribution in [2.24, 2.45) is 0 Å². The summed E-state index contributed by atoms with van der Waals surface area (Å²) in [5.74, 6) is -0.123. The Balaban J connectivity index is 2.47. The van der Waals surface area contributed by atoms with Crippen LogP contribution >= 0.6 is 11.8 Å². The molecule has 1 rings (SSSR count). The first-order chi connectivity index (χ1) is 8.54. The molecular formula is C12H19NO4S. The zero-order valence-electron chi connectivity index (χ0n) is 10.7. The number of methoxy groups -OCH3 is 1. The number of amides is 1. The lowest BCUT2D eigenvalue weighted by Crippen LogP contribution is -2.43. The fourth-order valence-electron chi connectivity index (χ4n) is 1.90. The van der Waals surface area contributed by atoms with E-state index in [1.54, 1.807) is 0 Å². The van der Waals surface area contributed by atoms with Gasteiger partial charge in [-0.1, -0.05) is 6.42 Å². The molecule has 102 valence electrons. The Hall–Kier alpha value is -1.04. The van der Waals surface area contributed by atoms with Gasteiger partial charge in [0.25, 0.3) is 0 Å². The molecule has 2 atom stereocenters. The van der Waals surface area contributed by atoms with Gasteiger partial charge < -0.3 is 10.1 Å². The second kappa shape index (κ2) is 7.41. The van der Waals surface area contributed by atoms with Crippen molar-refractivity contribution in [3.8, 4) is 0 Å². The van der Waals surface area contributed by atoms with E-state index in [-0.39, 0.29) is 16.9 Å². The van der Waals surface area contributed by atoms with Gasteiger partial charge in [-0.2, -0.15) is 0 Å². The molecule has 5 nitrogen and oxygen atoms in total. The second-order valence-electron chi connectivity index (χ2n) is 4.31. The molecule has 0 aromatic heterocycles. The van der Waals surface area contributed by atoms with E-state index in [0.29, 0.717) is 12.2 Å². The summed E-state index contributed by atoms with van der Waals surface area (Å²) >= 11 is 1.43. The molecule has 6 heteroatoms. The Morgan fingerprint density at radius 3 is 2.78 bits per heavy atom. The zero-order chi connectivity index (χ0) is 13.5. The summed E-state index contributed by atoms with van der Waals surface area (Å²) in [5, 5.41) is 2.50. The molecule has 0 heterocycles. The van der Waals surface area contributed by atoms with E-state index in [2.05, 4.69) is 10.1 Å². The minimum atomic E-state index is -0.674. The first-order valence-corrected chi connectivity index (χ1v) is 7.08. The van der Waals surface area contributed by atoms with Crippen molar-refractivity contribution in [3.05, 3.63) is 0 Å². The normalized spacial score (nSPS) is 21.2. The van der Waals surface area contributed by atoms with E-state index >= 15 is 0 Å². The largest absolute Gasteiger partial charge is 0.467 e. The molecule has 18 heavy (non-hydrogen) atoms. The first kappa shape index (κ1) is 15.0. The number of Topliss-reactive ketones (excluding diaryl/α,β-unsaturated/α-hetero) is 1. The van der Waals surface area contributed by atoms with E-state index in [1.807, 2.05) is 0 Å². The van der Waals surface area contributed by atoms with Crippen molar-refractivity contribution in [3.63, 3.8) is 0 Å². The molecule has 1 aliphatic carbocycles. The molecule has 0 bridgehead atoms. The van der Waals surface area contributed by atoms with Crippen LogP contribution in [0.1, 0.15) is 32.6 Å². The highest BCUT2D eigenvalue weighted by molar-refractivity contribution is 8.00. The third-order valence-electron chi connectivity index (χ3n) is 2.83. The number of hydrogen-bond donors (Lipinski definition) is 1. The number of hydrogen-bond acceptors (Lipinski definition) is 5. The summed E-state index contributed by atoms with van der Waals surface area (Å²) in [7, 11) is 1.29. The van der Waals surface area contributed by atoms with Crippen molar-refractivity contribution >= 4 is 29.4 Å². The SMILES string of the molecule is COC(=O)C(CSC1CCCCC1=O)NC(C)=O. The Morgan fingerprint density at radius 1 is 1.50 bits per heavy atom. The molecule has 0 aromatic carbocycles. The predicted octanol–water partition coefficient (Wildman–Crippen LogP) is 0.909. The fraction of sp³-hybridized carbons (Fsp3) is 0.750. The van der Waals surface area contributed by atoms with Crippen LogP contribution in [0, 0.1) is 0 Å². The van der Waals surface area contributed by atoms with Crippen molar-refractivity contribution in [2.75, 3.05) is 12.9 Å². The summed E-state index contributed by atoms with van der Waals surface area (Å²) < 4.78 is 4.63. The van der Waals surface area contributed by atoms with Crippen LogP contribution in [0.25, 0.3) is 0 Å². The summed E-state index contributed by atoms with van der Waals surface area (Å²) in [6.45, 7) is 1.35. The zero-order valence-corrected chi connectivity index (χ0v) is 11.5. The van der Waals surface area contributed by atoms with Crippen LogP contribution in [0.3, 0.4) is 0 Å². The Kier molecular flexibility index (Phi) is 6.18. The molecule has 1 fully saturated rings. The maximum Gasteiger partial charge on any atom is 0.329 e. The van der Waals surface area contributed by atoms with Gasteiger partial charge in [0.05, 0.1) is 12.4 Å². The lowest BCUT2D eigenvalue weighted by molar-refractivity contribution is -0.144. The quantitative estimate of drug-likeness (QED) is 0.754. The molecule has 0 radical (unpaired) electrons. The van der Waals surface area contributed by atoms with E-state index in [4.69, 9.17) is 0 Å². The minimum Gasteiger partial charge on any atom is -0.467 e. The number of carbonyl (C=O) groups excluding carboxylic acids is 3. The molecule has 0 aromatic rings. The summed E-state index contributed by atoms with van der Waals surface area (Å²) in [6.07, 6.45) is 3.49. The van der Waals surface area contributed by atoms with Gasteiger partial charge in [0.15, 0.2) is 0 Å². The fourth-order valence-corrected chi connectivity index (χ4v) is 3.18. The summed E-state index contributed by atoms with van der Waals surface area (Å²) in [6, 6.07) is -0.674. The smallest absolute Gasteiger partial charge is 0.329 e. The van der Waals surface area contributed by atoms with Crippen molar-refractivity contribution < 1.29 is 19.1 Å². The van der Waals surface area contributed by atoms with Crippen LogP contribution in [0.5, 0.6) is 0 Å². The van der Waals surface area contributed by atoms with Gasteiger partial charge in [0.1, 0.15) is 11.8 Å². The number of ether oxygens (including phenoxy) is 1. The van der Waals surface area contributed by atoms with Crippen LogP contribution in [0.15, 0.2) is 0 Å². The highest BCUT2D eigenvalue weighted by atomic mass is 32.2. The molecular weight excluding hydrogens is 254 g/mol. The number of esters is 1. The van der Waals surface area contributed by atoms with Crippen molar-refractivity contribution in [1.82, 2.24) is 5.32 Å². The lowest BCUT2D eigenvalue weighted by Gasteiger charge is -2.22. The molecule has 0 aliphatic heterocycles. The van der Waals surface area contributed by atoms with Crippen LogP contribution in [0.2, 0.25) is 0 Å². The molecule has 2 unspecified atom stereocenters. The summed E-state index contributed by atoms with van der Waals surface area (Å²) in [5.41, 5.74) is 0. The number of ketones is 1. The van der Waals surface area contributed by atoms with Gasteiger partial charge >= 0.3 is 5.97 Å². The number of carbonyl (C=O) groups is 3. The van der Waals surface area contributed by atoms with Crippen LogP contribution < -0.4 is 5.32 Å². The van der Waals surface area contributed by atoms with E-state index in [0.717, 1.165) is 19.3 Å².